The van der Waals surface area contributed by atoms with Gasteiger partial charge in [0.1, 0.15) is 6.26 Å². The number of nitrogens with zero attached hydrogens (tertiary/aromatic N) is 1. The summed E-state index contributed by atoms with van der Waals surface area (Å²) in [6.45, 7) is 2.98. The van der Waals surface area contributed by atoms with Gasteiger partial charge in [-0.25, -0.2) is 0 Å². The van der Waals surface area contributed by atoms with Gasteiger partial charge < -0.3 is 9.84 Å². The van der Waals surface area contributed by atoms with Crippen LogP contribution in [0, 0.1) is 0 Å². The van der Waals surface area contributed by atoms with Crippen molar-refractivity contribution in [3.05, 3.63) is 34.2 Å². The van der Waals surface area contributed by atoms with Crippen molar-refractivity contribution in [2.75, 3.05) is 5.32 Å². The number of aromatic nitrogens is 1. The van der Waals surface area contributed by atoms with E-state index in [4.69, 9.17) is 4.52 Å². The monoisotopic (exact) mass is 208 g/mol. The molecule has 74 valence electrons. The highest BCUT2D eigenvalue weighted by molar-refractivity contribution is 7.12. The van der Waals surface area contributed by atoms with E-state index in [1.54, 1.807) is 6.26 Å². The van der Waals surface area contributed by atoms with Crippen LogP contribution in [0.2, 0.25) is 0 Å². The standard InChI is InChI=1S/C10H12N2OS/c1-2-8-3-4-9(14-8)7-11-10-5-6-13-12-10/h3-6H,2,7H2,1H3,(H,11,12). The Morgan fingerprint density at radius 2 is 2.21 bits per heavy atom. The summed E-state index contributed by atoms with van der Waals surface area (Å²) in [5.74, 6) is 0.788. The van der Waals surface area contributed by atoms with Crippen LogP contribution < -0.4 is 5.32 Å². The fraction of sp³-hybridized carbons (Fsp3) is 0.300. The lowest BCUT2D eigenvalue weighted by atomic mass is 10.3. The highest BCUT2D eigenvalue weighted by Crippen LogP contribution is 2.17. The van der Waals surface area contributed by atoms with Crippen LogP contribution in [0.1, 0.15) is 16.7 Å². The van der Waals surface area contributed by atoms with Gasteiger partial charge in [0.2, 0.25) is 0 Å². The van der Waals surface area contributed by atoms with Crippen LogP contribution in [0.4, 0.5) is 5.82 Å². The SMILES string of the molecule is CCc1ccc(CNc2ccon2)s1. The van der Waals surface area contributed by atoms with Gasteiger partial charge in [0.15, 0.2) is 5.82 Å². The lowest BCUT2D eigenvalue weighted by molar-refractivity contribution is 0.422. The van der Waals surface area contributed by atoms with Crippen LogP contribution in [0.15, 0.2) is 29.0 Å². The quantitative estimate of drug-likeness (QED) is 0.839. The molecule has 0 unspecified atom stereocenters. The average molecular weight is 208 g/mol. The van der Waals surface area contributed by atoms with Gasteiger partial charge in [-0.1, -0.05) is 12.1 Å². The molecule has 0 spiro atoms. The van der Waals surface area contributed by atoms with Crippen molar-refractivity contribution in [1.82, 2.24) is 5.16 Å². The van der Waals surface area contributed by atoms with E-state index in [1.165, 1.54) is 9.75 Å². The topological polar surface area (TPSA) is 38.1 Å². The molecule has 14 heavy (non-hydrogen) atoms. The first kappa shape index (κ1) is 9.27. The molecule has 4 heteroatoms. The molecule has 0 aromatic carbocycles. The Morgan fingerprint density at radius 1 is 1.36 bits per heavy atom. The summed E-state index contributed by atoms with van der Waals surface area (Å²) in [7, 11) is 0. The van der Waals surface area contributed by atoms with Gasteiger partial charge in [-0.2, -0.15) is 0 Å². The zero-order chi connectivity index (χ0) is 9.80. The number of hydrogen-bond acceptors (Lipinski definition) is 4. The fourth-order valence-corrected chi connectivity index (χ4v) is 2.09. The molecule has 3 nitrogen and oxygen atoms in total. The molecular formula is C10H12N2OS. The van der Waals surface area contributed by atoms with Crippen LogP contribution in [-0.4, -0.2) is 5.16 Å². The third-order valence-electron chi connectivity index (χ3n) is 1.95. The summed E-state index contributed by atoms with van der Waals surface area (Å²) >= 11 is 1.83. The van der Waals surface area contributed by atoms with Crippen molar-refractivity contribution in [2.24, 2.45) is 0 Å². The smallest absolute Gasteiger partial charge is 0.169 e. The van der Waals surface area contributed by atoms with Crippen LogP contribution in [0.3, 0.4) is 0 Å². The molecule has 0 saturated carbocycles. The maximum atomic E-state index is 4.72. The van der Waals surface area contributed by atoms with E-state index in [-0.39, 0.29) is 0 Å². The Bertz CT molecular complexity index is 380. The van der Waals surface area contributed by atoms with Crippen molar-refractivity contribution in [3.8, 4) is 0 Å². The predicted octanol–water partition coefficient (Wildman–Crippen LogP) is 2.91. The predicted molar refractivity (Wildman–Crippen MR) is 57.5 cm³/mol. The molecule has 0 aliphatic rings. The minimum absolute atomic E-state index is 0.788. The molecule has 2 heterocycles. The van der Waals surface area contributed by atoms with Gasteiger partial charge in [0, 0.05) is 15.8 Å². The van der Waals surface area contributed by atoms with Gasteiger partial charge in [-0.05, 0) is 18.6 Å². The van der Waals surface area contributed by atoms with Crippen LogP contribution in [0.5, 0.6) is 0 Å². The molecule has 2 rings (SSSR count). The minimum Gasteiger partial charge on any atom is -0.363 e. The van der Waals surface area contributed by atoms with E-state index in [0.717, 1.165) is 18.8 Å². The van der Waals surface area contributed by atoms with Crippen molar-refractivity contribution >= 4 is 17.2 Å². The maximum Gasteiger partial charge on any atom is 0.169 e. The number of hydrogen-bond donors (Lipinski definition) is 1. The van der Waals surface area contributed by atoms with Crippen LogP contribution in [-0.2, 0) is 13.0 Å². The summed E-state index contributed by atoms with van der Waals surface area (Å²) < 4.78 is 4.72. The lowest BCUT2D eigenvalue weighted by Crippen LogP contribution is -1.96. The summed E-state index contributed by atoms with van der Waals surface area (Å²) in [6, 6.07) is 6.13. The largest absolute Gasteiger partial charge is 0.363 e. The van der Waals surface area contributed by atoms with Gasteiger partial charge >= 0.3 is 0 Å². The first-order chi connectivity index (χ1) is 6.88. The molecule has 0 fully saturated rings. The number of anilines is 1. The Kier molecular flexibility index (Phi) is 2.84. The first-order valence-corrected chi connectivity index (χ1v) is 5.42. The van der Waals surface area contributed by atoms with Crippen molar-refractivity contribution in [1.29, 1.82) is 0 Å². The van der Waals surface area contributed by atoms with E-state index in [0.29, 0.717) is 0 Å². The molecule has 0 saturated heterocycles. The minimum atomic E-state index is 0.788. The van der Waals surface area contributed by atoms with E-state index in [2.05, 4.69) is 29.5 Å². The van der Waals surface area contributed by atoms with Crippen LogP contribution in [0.25, 0.3) is 0 Å². The Balaban J connectivity index is 1.92. The van der Waals surface area contributed by atoms with Crippen molar-refractivity contribution in [2.45, 2.75) is 19.9 Å². The molecule has 0 aliphatic heterocycles. The zero-order valence-corrected chi connectivity index (χ0v) is 8.80. The molecule has 0 amide bonds. The molecule has 1 N–H and O–H groups in total. The number of nitrogens with one attached hydrogen (secondary N) is 1. The average Bonchev–Trinajstić information content (AvgIpc) is 2.86. The summed E-state index contributed by atoms with van der Waals surface area (Å²) in [6.07, 6.45) is 2.67. The molecule has 0 atom stereocenters. The zero-order valence-electron chi connectivity index (χ0n) is 7.99. The second kappa shape index (κ2) is 4.28. The van der Waals surface area contributed by atoms with Crippen LogP contribution >= 0.6 is 11.3 Å². The molecular weight excluding hydrogens is 196 g/mol. The van der Waals surface area contributed by atoms with Crippen molar-refractivity contribution in [3.63, 3.8) is 0 Å². The van der Waals surface area contributed by atoms with E-state index >= 15 is 0 Å². The van der Waals surface area contributed by atoms with Crippen molar-refractivity contribution < 1.29 is 4.52 Å². The van der Waals surface area contributed by atoms with Gasteiger partial charge in [-0.3, -0.25) is 0 Å². The second-order valence-corrected chi connectivity index (χ2v) is 4.21. The summed E-state index contributed by atoms with van der Waals surface area (Å²) in [5.41, 5.74) is 0. The second-order valence-electron chi connectivity index (χ2n) is 2.96. The maximum absolute atomic E-state index is 4.72. The normalized spacial score (nSPS) is 10.4. The highest BCUT2D eigenvalue weighted by Gasteiger charge is 1.99. The fourth-order valence-electron chi connectivity index (χ4n) is 1.19. The van der Waals surface area contributed by atoms with Gasteiger partial charge in [0.25, 0.3) is 0 Å². The van der Waals surface area contributed by atoms with E-state index < -0.39 is 0 Å². The third kappa shape index (κ3) is 2.14. The molecule has 0 aliphatic carbocycles. The third-order valence-corrected chi connectivity index (χ3v) is 3.18. The lowest BCUT2D eigenvalue weighted by Gasteiger charge is -1.97. The summed E-state index contributed by atoms with van der Waals surface area (Å²) in [5, 5.41) is 6.96. The molecule has 2 aromatic rings. The number of thiophene rings is 1. The molecule has 2 aromatic heterocycles. The Labute approximate surface area is 86.7 Å². The number of aryl methyl sites for hydroxylation is 1. The van der Waals surface area contributed by atoms with Gasteiger partial charge in [0.05, 0.1) is 6.54 Å². The highest BCUT2D eigenvalue weighted by atomic mass is 32.1. The molecule has 0 bridgehead atoms. The van der Waals surface area contributed by atoms with E-state index in [9.17, 15) is 0 Å². The summed E-state index contributed by atoms with van der Waals surface area (Å²) in [4.78, 5) is 2.74. The van der Waals surface area contributed by atoms with E-state index in [1.807, 2.05) is 17.4 Å². The molecule has 0 radical (unpaired) electrons. The Morgan fingerprint density at radius 3 is 2.86 bits per heavy atom. The van der Waals surface area contributed by atoms with Gasteiger partial charge in [-0.15, -0.1) is 11.3 Å². The first-order valence-electron chi connectivity index (χ1n) is 4.60. The Hall–Kier alpha value is -1.29. The number of rotatable bonds is 4.